The molecule has 0 saturated heterocycles. The largest absolute Gasteiger partial charge is 0.473 e. The Bertz CT molecular complexity index is 976. The Morgan fingerprint density at radius 1 is 1.29 bits per heavy atom. The molecule has 0 unspecified atom stereocenters. The van der Waals surface area contributed by atoms with E-state index in [0.717, 1.165) is 11.1 Å². The highest BCUT2D eigenvalue weighted by Gasteiger charge is 2.42. The van der Waals surface area contributed by atoms with E-state index >= 15 is 0 Å². The molecule has 0 bridgehead atoms. The first-order valence-electron chi connectivity index (χ1n) is 12.0. The van der Waals surface area contributed by atoms with Crippen LogP contribution in [-0.4, -0.2) is 52.4 Å². The normalized spacial score (nSPS) is 29.5. The first-order chi connectivity index (χ1) is 16.4. The standard InChI is InChI=1S/C27H39NO6S/c1-16-9-8-10-17(2)24(31)19(4)25(32)27(5,6)22(29)14-23(30)34-21(12-11-16)18(3)13-20-15-35-26(28-20)33-7/h8,10-11,13,15,17,19,21-22,24,29,31H,9,12,14H2,1-7H3/t17-,19+,21-,22-,24-/m0/s1. The van der Waals surface area contributed by atoms with Crippen molar-refractivity contribution in [1.29, 1.82) is 0 Å². The Morgan fingerprint density at radius 2 is 1.97 bits per heavy atom. The van der Waals surface area contributed by atoms with Gasteiger partial charge in [0.25, 0.3) is 5.19 Å². The summed E-state index contributed by atoms with van der Waals surface area (Å²) in [6, 6.07) is 0. The molecule has 1 aliphatic heterocycles. The summed E-state index contributed by atoms with van der Waals surface area (Å²) in [5, 5.41) is 24.0. The third-order valence-electron chi connectivity index (χ3n) is 6.69. The van der Waals surface area contributed by atoms with Crippen LogP contribution in [0, 0.1) is 17.3 Å². The van der Waals surface area contributed by atoms with Gasteiger partial charge in [0.05, 0.1) is 36.8 Å². The summed E-state index contributed by atoms with van der Waals surface area (Å²) < 4.78 is 10.9. The molecule has 1 aliphatic rings. The number of esters is 1. The third-order valence-corrected chi connectivity index (χ3v) is 7.50. The van der Waals surface area contributed by atoms with Crippen LogP contribution in [0.25, 0.3) is 6.08 Å². The van der Waals surface area contributed by atoms with Crippen LogP contribution in [0.5, 0.6) is 5.19 Å². The third kappa shape index (κ3) is 7.85. The predicted octanol–water partition coefficient (Wildman–Crippen LogP) is 4.74. The van der Waals surface area contributed by atoms with Crippen LogP contribution in [0.3, 0.4) is 0 Å². The molecule has 2 N–H and O–H groups in total. The van der Waals surface area contributed by atoms with Gasteiger partial charge in [-0.15, -0.1) is 0 Å². The van der Waals surface area contributed by atoms with E-state index in [9.17, 15) is 19.8 Å². The van der Waals surface area contributed by atoms with Crippen molar-refractivity contribution in [3.8, 4) is 5.19 Å². The number of hydrogen-bond acceptors (Lipinski definition) is 8. The number of rotatable bonds is 3. The Morgan fingerprint density at radius 3 is 2.60 bits per heavy atom. The number of methoxy groups -OCH3 is 1. The number of carbonyl (C=O) groups excluding carboxylic acids is 2. The molecule has 0 spiro atoms. The van der Waals surface area contributed by atoms with Crippen molar-refractivity contribution in [3.05, 3.63) is 40.4 Å². The fraction of sp³-hybridized carbons (Fsp3) is 0.593. The first-order valence-corrected chi connectivity index (χ1v) is 12.8. The maximum atomic E-state index is 13.2. The Kier molecular flexibility index (Phi) is 10.4. The molecule has 0 fully saturated rings. The van der Waals surface area contributed by atoms with Crippen molar-refractivity contribution >= 4 is 29.2 Å². The molecule has 0 radical (unpaired) electrons. The van der Waals surface area contributed by atoms with Gasteiger partial charge < -0.3 is 19.7 Å². The zero-order chi connectivity index (χ0) is 26.3. The Balaban J connectivity index is 2.37. The molecule has 7 nitrogen and oxygen atoms in total. The summed E-state index contributed by atoms with van der Waals surface area (Å²) in [6.07, 6.45) is 5.90. The van der Waals surface area contributed by atoms with Crippen LogP contribution < -0.4 is 4.74 Å². The van der Waals surface area contributed by atoms with E-state index in [1.54, 1.807) is 27.9 Å². The molecule has 1 aromatic rings. The van der Waals surface area contributed by atoms with Crippen LogP contribution in [0.15, 0.2) is 34.8 Å². The lowest BCUT2D eigenvalue weighted by Gasteiger charge is -2.34. The molecule has 1 aromatic heterocycles. The number of nitrogens with zero attached hydrogens (tertiary/aromatic N) is 1. The van der Waals surface area contributed by atoms with Gasteiger partial charge in [-0.2, -0.15) is 0 Å². The molecule has 0 aromatic carbocycles. The van der Waals surface area contributed by atoms with E-state index in [1.165, 1.54) is 11.3 Å². The first kappa shape index (κ1) is 28.9. The van der Waals surface area contributed by atoms with Crippen LogP contribution in [0.2, 0.25) is 0 Å². The maximum Gasteiger partial charge on any atom is 0.309 e. The lowest BCUT2D eigenvalue weighted by Crippen LogP contribution is -2.45. The number of cyclic esters (lactones) is 1. The van der Waals surface area contributed by atoms with Crippen LogP contribution in [-0.2, 0) is 14.3 Å². The fourth-order valence-corrected chi connectivity index (χ4v) is 4.63. The molecule has 8 heteroatoms. The van der Waals surface area contributed by atoms with Gasteiger partial charge in [-0.05, 0) is 31.9 Å². The molecule has 5 atom stereocenters. The molecular formula is C27H39NO6S. The predicted molar refractivity (Wildman–Crippen MR) is 138 cm³/mol. The number of aliphatic hydroxyl groups is 2. The number of carbonyl (C=O) groups is 2. The van der Waals surface area contributed by atoms with Gasteiger partial charge >= 0.3 is 5.97 Å². The van der Waals surface area contributed by atoms with Gasteiger partial charge in [-0.3, -0.25) is 9.59 Å². The summed E-state index contributed by atoms with van der Waals surface area (Å²) >= 11 is 1.38. The highest BCUT2D eigenvalue weighted by Crippen LogP contribution is 2.32. The SMILES string of the molecule is COc1nc(C=C(C)[C@@H]2CC=C(C)CC=C[C@H](C)[C@H](O)[C@@H](C)C(=O)C(C)(C)[C@@H](O)CC(=O)O2)cs1. The average molecular weight is 506 g/mol. The summed E-state index contributed by atoms with van der Waals surface area (Å²) in [4.78, 5) is 30.4. The number of hydrogen-bond donors (Lipinski definition) is 2. The quantitative estimate of drug-likeness (QED) is 0.451. The lowest BCUT2D eigenvalue weighted by atomic mass is 9.73. The lowest BCUT2D eigenvalue weighted by molar-refractivity contribution is -0.154. The monoisotopic (exact) mass is 505 g/mol. The molecule has 0 saturated carbocycles. The molecule has 35 heavy (non-hydrogen) atoms. The van der Waals surface area contributed by atoms with E-state index in [1.807, 2.05) is 50.5 Å². The van der Waals surface area contributed by atoms with Crippen molar-refractivity contribution in [1.82, 2.24) is 4.98 Å². The van der Waals surface area contributed by atoms with E-state index in [-0.39, 0.29) is 18.1 Å². The van der Waals surface area contributed by atoms with Gasteiger partial charge in [0.2, 0.25) is 0 Å². The molecule has 0 amide bonds. The Labute approximate surface area is 212 Å². The van der Waals surface area contributed by atoms with Crippen molar-refractivity contribution < 1.29 is 29.3 Å². The zero-order valence-electron chi connectivity index (χ0n) is 21.8. The second kappa shape index (κ2) is 12.6. The van der Waals surface area contributed by atoms with Crippen LogP contribution in [0.4, 0.5) is 0 Å². The molecule has 0 aliphatic carbocycles. The smallest absolute Gasteiger partial charge is 0.309 e. The number of ether oxygens (including phenoxy) is 2. The number of aromatic nitrogens is 1. The minimum Gasteiger partial charge on any atom is -0.473 e. The highest BCUT2D eigenvalue weighted by molar-refractivity contribution is 7.11. The summed E-state index contributed by atoms with van der Waals surface area (Å²) in [7, 11) is 1.56. The number of aliphatic hydroxyl groups excluding tert-OH is 2. The fourth-order valence-electron chi connectivity index (χ4n) is 4.04. The topological polar surface area (TPSA) is 106 Å². The molecular weight excluding hydrogens is 466 g/mol. The molecule has 2 rings (SSSR count). The number of ketones is 1. The van der Waals surface area contributed by atoms with E-state index < -0.39 is 35.6 Å². The van der Waals surface area contributed by atoms with Crippen molar-refractivity contribution in [3.63, 3.8) is 0 Å². The highest BCUT2D eigenvalue weighted by atomic mass is 32.1. The van der Waals surface area contributed by atoms with E-state index in [0.29, 0.717) is 23.7 Å². The number of allylic oxidation sites excluding steroid dienone is 2. The number of thiazole rings is 1. The Hall–Kier alpha value is -2.29. The van der Waals surface area contributed by atoms with E-state index in [2.05, 4.69) is 4.98 Å². The summed E-state index contributed by atoms with van der Waals surface area (Å²) in [5.74, 6) is -1.82. The van der Waals surface area contributed by atoms with Crippen molar-refractivity contribution in [2.75, 3.05) is 7.11 Å². The van der Waals surface area contributed by atoms with E-state index in [4.69, 9.17) is 9.47 Å². The molecule has 194 valence electrons. The number of Topliss-reactive ketones (excluding diaryl/α,β-unsaturated/α-hetero) is 1. The van der Waals surface area contributed by atoms with Gasteiger partial charge in [0, 0.05) is 23.6 Å². The maximum absolute atomic E-state index is 13.2. The molecule has 2 heterocycles. The minimum atomic E-state index is -1.25. The summed E-state index contributed by atoms with van der Waals surface area (Å²) in [6.45, 7) is 10.6. The van der Waals surface area contributed by atoms with Crippen LogP contribution in [0.1, 0.15) is 66.5 Å². The summed E-state index contributed by atoms with van der Waals surface area (Å²) in [5.41, 5.74) is 1.38. The zero-order valence-corrected chi connectivity index (χ0v) is 22.6. The van der Waals surface area contributed by atoms with Gasteiger partial charge in [-0.1, -0.05) is 62.8 Å². The second-order valence-electron chi connectivity index (χ2n) is 9.97. The van der Waals surface area contributed by atoms with Crippen molar-refractivity contribution in [2.45, 2.75) is 79.1 Å². The van der Waals surface area contributed by atoms with Crippen molar-refractivity contribution in [2.24, 2.45) is 17.3 Å². The average Bonchev–Trinajstić information content (AvgIpc) is 3.26. The van der Waals surface area contributed by atoms with Gasteiger partial charge in [-0.25, -0.2) is 4.98 Å². The van der Waals surface area contributed by atoms with Crippen LogP contribution >= 0.6 is 11.3 Å². The minimum absolute atomic E-state index is 0.236. The van der Waals surface area contributed by atoms with Gasteiger partial charge in [0.15, 0.2) is 0 Å². The second-order valence-corrected chi connectivity index (χ2v) is 10.8. The van der Waals surface area contributed by atoms with Gasteiger partial charge in [0.1, 0.15) is 11.9 Å².